The number of hydrogen-bond donors (Lipinski definition) is 2. The van der Waals surface area contributed by atoms with Crippen molar-refractivity contribution in [2.24, 2.45) is 11.7 Å². The van der Waals surface area contributed by atoms with Crippen LogP contribution in [0.2, 0.25) is 5.02 Å². The molecule has 38 heavy (non-hydrogen) atoms. The normalized spacial score (nSPS) is 21.3. The number of nitrogens with one attached hydrogen (secondary N) is 1. The maximum atomic E-state index is 14.4. The number of hydrogen-bond acceptors (Lipinski definition) is 5. The second-order valence-electron chi connectivity index (χ2n) is 9.44. The Kier molecular flexibility index (Phi) is 6.28. The minimum absolute atomic E-state index is 0.0118. The van der Waals surface area contributed by atoms with Crippen LogP contribution < -0.4 is 11.1 Å². The summed E-state index contributed by atoms with van der Waals surface area (Å²) in [5.41, 5.74) is 3.85. The molecule has 0 bridgehead atoms. The lowest BCUT2D eigenvalue weighted by molar-refractivity contribution is -0.141. The number of rotatable bonds is 6. The third kappa shape index (κ3) is 4.55. The van der Waals surface area contributed by atoms with Crippen LogP contribution in [-0.4, -0.2) is 49.5 Å². The van der Waals surface area contributed by atoms with Gasteiger partial charge in [0.05, 0.1) is 22.8 Å². The van der Waals surface area contributed by atoms with Gasteiger partial charge in [0.2, 0.25) is 11.8 Å². The van der Waals surface area contributed by atoms with E-state index in [1.807, 2.05) is 0 Å². The zero-order valence-electron chi connectivity index (χ0n) is 19.8. The van der Waals surface area contributed by atoms with Crippen molar-refractivity contribution in [2.75, 3.05) is 0 Å². The number of benzene rings is 1. The Morgan fingerprint density at radius 2 is 2.00 bits per heavy atom. The molecule has 0 radical (unpaired) electrons. The molecule has 0 spiro atoms. The molecule has 9 nitrogen and oxygen atoms in total. The van der Waals surface area contributed by atoms with Crippen LogP contribution in [0.5, 0.6) is 0 Å². The molecule has 200 valence electrons. The first kappa shape index (κ1) is 25.9. The highest BCUT2D eigenvalue weighted by molar-refractivity contribution is 6.30. The average molecular weight is 553 g/mol. The van der Waals surface area contributed by atoms with Crippen LogP contribution in [-0.2, 0) is 22.3 Å². The zero-order chi connectivity index (χ0) is 27.5. The van der Waals surface area contributed by atoms with E-state index in [-0.39, 0.29) is 33.4 Å². The standard InChI is InChI=1S/C24H21ClF4N6O3/c1-10(12-3-2-4-14(25)20(12)26)32-23(38)16-6-11-5-15(11)35(16)19(36)9-34-17-8-31-18(24(27,28)29)7-13(17)21(33-34)22(30)37/h2-4,7-8,10-11,15-16H,5-6,9H2,1H3,(H2,30,37)(H,32,38)/t10-,11-,15-,16+/m1/s1. The van der Waals surface area contributed by atoms with Gasteiger partial charge in [0.1, 0.15) is 24.1 Å². The van der Waals surface area contributed by atoms with Gasteiger partial charge in [0.25, 0.3) is 5.91 Å². The Bertz CT molecular complexity index is 1480. The summed E-state index contributed by atoms with van der Waals surface area (Å²) in [6.07, 6.45) is -2.77. The molecule has 2 aromatic heterocycles. The number of carbonyl (C=O) groups is 3. The van der Waals surface area contributed by atoms with Gasteiger partial charge in [-0.1, -0.05) is 23.7 Å². The summed E-state index contributed by atoms with van der Waals surface area (Å²) in [5, 5.41) is 6.43. The predicted octanol–water partition coefficient (Wildman–Crippen LogP) is 3.21. The molecule has 3 N–H and O–H groups in total. The van der Waals surface area contributed by atoms with E-state index >= 15 is 0 Å². The van der Waals surface area contributed by atoms with E-state index in [9.17, 15) is 31.9 Å². The van der Waals surface area contributed by atoms with Gasteiger partial charge in [-0.15, -0.1) is 0 Å². The maximum absolute atomic E-state index is 14.4. The molecule has 3 heterocycles. The lowest BCUT2D eigenvalue weighted by Gasteiger charge is -2.28. The molecule has 1 aliphatic carbocycles. The topological polar surface area (TPSA) is 123 Å². The van der Waals surface area contributed by atoms with Crippen molar-refractivity contribution in [1.29, 1.82) is 0 Å². The van der Waals surface area contributed by atoms with Crippen molar-refractivity contribution < 1.29 is 31.9 Å². The van der Waals surface area contributed by atoms with Crippen LogP contribution >= 0.6 is 11.6 Å². The molecule has 1 aliphatic heterocycles. The second kappa shape index (κ2) is 9.22. The summed E-state index contributed by atoms with van der Waals surface area (Å²) < 4.78 is 54.9. The molecule has 3 aromatic rings. The molecule has 3 amide bonds. The van der Waals surface area contributed by atoms with Gasteiger partial charge in [-0.2, -0.15) is 18.3 Å². The molecule has 2 aliphatic rings. The highest BCUT2D eigenvalue weighted by Crippen LogP contribution is 2.48. The molecule has 1 saturated heterocycles. The van der Waals surface area contributed by atoms with Gasteiger partial charge < -0.3 is 16.0 Å². The lowest BCUT2D eigenvalue weighted by Crippen LogP contribution is -2.49. The summed E-state index contributed by atoms with van der Waals surface area (Å²) in [7, 11) is 0. The molecule has 1 aromatic carbocycles. The van der Waals surface area contributed by atoms with Gasteiger partial charge in [-0.05, 0) is 37.8 Å². The van der Waals surface area contributed by atoms with Crippen LogP contribution in [0.1, 0.15) is 47.6 Å². The van der Waals surface area contributed by atoms with Crippen LogP contribution in [0.4, 0.5) is 17.6 Å². The van der Waals surface area contributed by atoms with E-state index in [0.29, 0.717) is 18.9 Å². The van der Waals surface area contributed by atoms with Crippen molar-refractivity contribution in [2.45, 2.75) is 50.6 Å². The molecule has 0 unspecified atom stereocenters. The summed E-state index contributed by atoms with van der Waals surface area (Å²) >= 11 is 5.84. The van der Waals surface area contributed by atoms with Crippen LogP contribution in [0.3, 0.4) is 0 Å². The van der Waals surface area contributed by atoms with Crippen molar-refractivity contribution >= 4 is 40.2 Å². The summed E-state index contributed by atoms with van der Waals surface area (Å²) in [5.74, 6) is -2.58. The van der Waals surface area contributed by atoms with Crippen LogP contribution in [0.25, 0.3) is 10.9 Å². The number of halogens is 5. The molecule has 2 fully saturated rings. The smallest absolute Gasteiger partial charge is 0.364 e. The highest BCUT2D eigenvalue weighted by Gasteiger charge is 2.56. The molecule has 14 heteroatoms. The Labute approximate surface area is 217 Å². The minimum Gasteiger partial charge on any atom is -0.364 e. The fourth-order valence-corrected chi connectivity index (χ4v) is 5.21. The number of carbonyl (C=O) groups excluding carboxylic acids is 3. The summed E-state index contributed by atoms with van der Waals surface area (Å²) in [6, 6.07) is 3.37. The lowest BCUT2D eigenvalue weighted by atomic mass is 10.1. The quantitative estimate of drug-likeness (QED) is 0.455. The van der Waals surface area contributed by atoms with Gasteiger partial charge >= 0.3 is 6.18 Å². The van der Waals surface area contributed by atoms with Crippen LogP contribution in [0.15, 0.2) is 30.5 Å². The first-order chi connectivity index (χ1) is 17.9. The minimum atomic E-state index is -4.76. The number of piperidine rings is 1. The number of nitrogens with zero attached hydrogens (tertiary/aromatic N) is 4. The predicted molar refractivity (Wildman–Crippen MR) is 126 cm³/mol. The third-order valence-electron chi connectivity index (χ3n) is 6.95. The number of amides is 3. The van der Waals surface area contributed by atoms with E-state index in [2.05, 4.69) is 15.4 Å². The maximum Gasteiger partial charge on any atom is 0.433 e. The fraction of sp³-hybridized carbons (Fsp3) is 0.375. The number of aromatic nitrogens is 3. The number of likely N-dealkylation sites (tertiary alicyclic amines) is 1. The van der Waals surface area contributed by atoms with Gasteiger partial charge in [0.15, 0.2) is 5.69 Å². The number of pyridine rings is 1. The van der Waals surface area contributed by atoms with Crippen molar-refractivity contribution in [3.05, 3.63) is 58.3 Å². The molecular weight excluding hydrogens is 532 g/mol. The van der Waals surface area contributed by atoms with Gasteiger partial charge in [0, 0.05) is 17.0 Å². The monoisotopic (exact) mass is 552 g/mol. The number of alkyl halides is 3. The van der Waals surface area contributed by atoms with E-state index in [0.717, 1.165) is 10.9 Å². The Hall–Kier alpha value is -3.74. The Morgan fingerprint density at radius 1 is 1.26 bits per heavy atom. The average Bonchev–Trinajstić information content (AvgIpc) is 3.35. The van der Waals surface area contributed by atoms with E-state index in [1.165, 1.54) is 17.0 Å². The van der Waals surface area contributed by atoms with Crippen molar-refractivity contribution in [1.82, 2.24) is 25.0 Å². The first-order valence-electron chi connectivity index (χ1n) is 11.7. The summed E-state index contributed by atoms with van der Waals surface area (Å²) in [6.45, 7) is 1.14. The molecular formula is C24H21ClF4N6O3. The van der Waals surface area contributed by atoms with Crippen LogP contribution in [0, 0.1) is 11.7 Å². The number of fused-ring (bicyclic) bond motifs is 2. The largest absolute Gasteiger partial charge is 0.433 e. The molecule has 4 atom stereocenters. The van der Waals surface area contributed by atoms with Crippen molar-refractivity contribution in [3.8, 4) is 0 Å². The molecule has 5 rings (SSSR count). The van der Waals surface area contributed by atoms with Gasteiger partial charge in [-0.25, -0.2) is 9.37 Å². The summed E-state index contributed by atoms with van der Waals surface area (Å²) in [4.78, 5) is 43.2. The zero-order valence-corrected chi connectivity index (χ0v) is 20.6. The Morgan fingerprint density at radius 3 is 2.68 bits per heavy atom. The number of primary amides is 1. The third-order valence-corrected chi connectivity index (χ3v) is 7.24. The number of nitrogens with two attached hydrogens (primary N) is 1. The Balaban J connectivity index is 1.38. The van der Waals surface area contributed by atoms with E-state index in [4.69, 9.17) is 17.3 Å². The molecule has 1 saturated carbocycles. The van der Waals surface area contributed by atoms with Gasteiger partial charge in [-0.3, -0.25) is 19.1 Å². The SMILES string of the molecule is C[C@@H](NC(=O)[C@@H]1C[C@H]2C[C@H]2N1C(=O)Cn1nc(C(N)=O)c2cc(C(F)(F)F)ncc21)c1cccc(Cl)c1F. The van der Waals surface area contributed by atoms with Crippen molar-refractivity contribution in [3.63, 3.8) is 0 Å². The fourth-order valence-electron chi connectivity index (χ4n) is 5.03. The highest BCUT2D eigenvalue weighted by atomic mass is 35.5. The van der Waals surface area contributed by atoms with E-state index < -0.39 is 59.7 Å². The van der Waals surface area contributed by atoms with E-state index in [1.54, 1.807) is 13.0 Å². The second-order valence-corrected chi connectivity index (χ2v) is 9.85. The first-order valence-corrected chi connectivity index (χ1v) is 12.0.